The summed E-state index contributed by atoms with van der Waals surface area (Å²) < 4.78 is 1.63. The molecule has 0 radical (unpaired) electrons. The van der Waals surface area contributed by atoms with Crippen LogP contribution in [0.3, 0.4) is 0 Å². The van der Waals surface area contributed by atoms with Crippen LogP contribution in [0.1, 0.15) is 5.56 Å². The number of Topliss-reactive ketones (excluding diaryl/α,β-unsaturated/α-hetero) is 1. The highest BCUT2D eigenvalue weighted by Gasteiger charge is 2.09. The number of hydrogen-bond donors (Lipinski definition) is 0. The molecule has 20 heavy (non-hydrogen) atoms. The fourth-order valence-corrected chi connectivity index (χ4v) is 2.21. The predicted octanol–water partition coefficient (Wildman–Crippen LogP) is 2.90. The lowest BCUT2D eigenvalue weighted by atomic mass is 10.1. The van der Waals surface area contributed by atoms with Crippen LogP contribution in [0.2, 0.25) is 5.02 Å². The molecule has 0 fully saturated rings. The number of rotatable bonds is 4. The number of hydrogen-bond acceptors (Lipinski definition) is 3. The van der Waals surface area contributed by atoms with Gasteiger partial charge in [-0.3, -0.25) is 4.79 Å². The molecule has 1 aromatic heterocycles. The van der Waals surface area contributed by atoms with Crippen LogP contribution in [-0.4, -0.2) is 20.8 Å². The lowest BCUT2D eigenvalue weighted by Gasteiger charge is -2.03. The van der Waals surface area contributed by atoms with E-state index in [1.54, 1.807) is 16.8 Å². The summed E-state index contributed by atoms with van der Waals surface area (Å²) in [6.07, 6.45) is 0.366. The van der Waals surface area contributed by atoms with E-state index in [0.717, 1.165) is 16.6 Å². The number of halogens is 1. The highest BCUT2D eigenvalue weighted by molar-refractivity contribution is 6.30. The summed E-state index contributed by atoms with van der Waals surface area (Å²) in [5, 5.41) is 8.72. The zero-order valence-corrected chi connectivity index (χ0v) is 11.4. The van der Waals surface area contributed by atoms with E-state index in [-0.39, 0.29) is 12.3 Å². The van der Waals surface area contributed by atoms with E-state index in [1.807, 2.05) is 36.4 Å². The summed E-state index contributed by atoms with van der Waals surface area (Å²) in [5.74, 6) is 0.0861. The van der Waals surface area contributed by atoms with Gasteiger partial charge in [0.25, 0.3) is 0 Å². The Labute approximate surface area is 121 Å². The van der Waals surface area contributed by atoms with Crippen LogP contribution in [0.25, 0.3) is 11.0 Å². The van der Waals surface area contributed by atoms with Crippen molar-refractivity contribution in [1.82, 2.24) is 15.0 Å². The second-order valence-electron chi connectivity index (χ2n) is 4.58. The first-order valence-electron chi connectivity index (χ1n) is 6.27. The SMILES string of the molecule is O=C(Cc1ccc(Cl)cc1)Cn1nnc2ccccc21. The first-order valence-corrected chi connectivity index (χ1v) is 6.64. The van der Waals surface area contributed by atoms with Crippen molar-refractivity contribution < 1.29 is 4.79 Å². The van der Waals surface area contributed by atoms with E-state index in [2.05, 4.69) is 10.3 Å². The molecule has 0 aliphatic carbocycles. The first kappa shape index (κ1) is 12.8. The van der Waals surface area contributed by atoms with Gasteiger partial charge in [-0.25, -0.2) is 4.68 Å². The molecule has 0 N–H and O–H groups in total. The number of fused-ring (bicyclic) bond motifs is 1. The molecular formula is C15H12ClN3O. The van der Waals surface area contributed by atoms with Crippen LogP contribution in [0, 0.1) is 0 Å². The molecule has 3 aromatic rings. The fourth-order valence-electron chi connectivity index (χ4n) is 2.09. The Morgan fingerprint density at radius 1 is 1.10 bits per heavy atom. The van der Waals surface area contributed by atoms with E-state index >= 15 is 0 Å². The van der Waals surface area contributed by atoms with Gasteiger partial charge in [0.05, 0.1) is 5.52 Å². The van der Waals surface area contributed by atoms with Crippen molar-refractivity contribution in [3.8, 4) is 0 Å². The molecule has 0 atom stereocenters. The van der Waals surface area contributed by atoms with E-state index in [1.165, 1.54) is 0 Å². The molecule has 0 saturated carbocycles. The Bertz CT molecular complexity index is 749. The number of carbonyl (C=O) groups is 1. The number of nitrogens with zero attached hydrogens (tertiary/aromatic N) is 3. The van der Waals surface area contributed by atoms with Crippen LogP contribution in [-0.2, 0) is 17.8 Å². The fraction of sp³-hybridized carbons (Fsp3) is 0.133. The second kappa shape index (κ2) is 5.43. The average Bonchev–Trinajstić information content (AvgIpc) is 2.85. The molecule has 0 spiro atoms. The van der Waals surface area contributed by atoms with Gasteiger partial charge in [-0.15, -0.1) is 5.10 Å². The third-order valence-electron chi connectivity index (χ3n) is 3.06. The van der Waals surface area contributed by atoms with Gasteiger partial charge in [0.15, 0.2) is 5.78 Å². The van der Waals surface area contributed by atoms with Gasteiger partial charge in [-0.1, -0.05) is 41.1 Å². The number of aromatic nitrogens is 3. The van der Waals surface area contributed by atoms with Crippen LogP contribution in [0.4, 0.5) is 0 Å². The lowest BCUT2D eigenvalue weighted by molar-refractivity contribution is -0.119. The third kappa shape index (κ3) is 2.70. The molecule has 0 bridgehead atoms. The van der Waals surface area contributed by atoms with Gasteiger partial charge in [-0.05, 0) is 29.8 Å². The van der Waals surface area contributed by atoms with Gasteiger partial charge in [-0.2, -0.15) is 0 Å². The average molecular weight is 286 g/mol. The number of benzene rings is 2. The second-order valence-corrected chi connectivity index (χ2v) is 5.01. The van der Waals surface area contributed by atoms with E-state index < -0.39 is 0 Å². The molecule has 0 aliphatic heterocycles. The maximum Gasteiger partial charge on any atom is 0.158 e. The molecule has 3 rings (SSSR count). The molecule has 2 aromatic carbocycles. The van der Waals surface area contributed by atoms with Crippen molar-refractivity contribution in [2.45, 2.75) is 13.0 Å². The smallest absolute Gasteiger partial charge is 0.158 e. The van der Waals surface area contributed by atoms with Crippen LogP contribution in [0.5, 0.6) is 0 Å². The molecular weight excluding hydrogens is 274 g/mol. The van der Waals surface area contributed by atoms with E-state index in [4.69, 9.17) is 11.6 Å². The predicted molar refractivity (Wildman–Crippen MR) is 77.7 cm³/mol. The highest BCUT2D eigenvalue weighted by atomic mass is 35.5. The molecule has 100 valence electrons. The Morgan fingerprint density at radius 3 is 2.65 bits per heavy atom. The van der Waals surface area contributed by atoms with Crippen molar-refractivity contribution in [2.75, 3.05) is 0 Å². The highest BCUT2D eigenvalue weighted by Crippen LogP contribution is 2.12. The Morgan fingerprint density at radius 2 is 1.85 bits per heavy atom. The summed E-state index contributed by atoms with van der Waals surface area (Å²) in [4.78, 5) is 12.1. The topological polar surface area (TPSA) is 47.8 Å². The van der Waals surface area contributed by atoms with Crippen molar-refractivity contribution in [1.29, 1.82) is 0 Å². The minimum Gasteiger partial charge on any atom is -0.297 e. The van der Waals surface area contributed by atoms with Crippen LogP contribution >= 0.6 is 11.6 Å². The zero-order valence-electron chi connectivity index (χ0n) is 10.7. The standard InChI is InChI=1S/C15H12ClN3O/c16-12-7-5-11(6-8-12)9-13(20)10-19-15-4-2-1-3-14(15)17-18-19/h1-8H,9-10H2. The summed E-state index contributed by atoms with van der Waals surface area (Å²) in [5.41, 5.74) is 2.62. The summed E-state index contributed by atoms with van der Waals surface area (Å²) >= 11 is 5.82. The lowest BCUT2D eigenvalue weighted by Crippen LogP contribution is -2.13. The Balaban J connectivity index is 1.74. The molecule has 1 heterocycles. The van der Waals surface area contributed by atoms with E-state index in [9.17, 15) is 4.79 Å². The van der Waals surface area contributed by atoms with Crippen molar-refractivity contribution in [3.63, 3.8) is 0 Å². The molecule has 0 amide bonds. The summed E-state index contributed by atoms with van der Waals surface area (Å²) in [6, 6.07) is 14.9. The van der Waals surface area contributed by atoms with Gasteiger partial charge in [0.2, 0.25) is 0 Å². The molecule has 0 saturated heterocycles. The minimum atomic E-state index is 0.0861. The van der Waals surface area contributed by atoms with Crippen LogP contribution < -0.4 is 0 Å². The summed E-state index contributed by atoms with van der Waals surface area (Å²) in [7, 11) is 0. The van der Waals surface area contributed by atoms with Crippen molar-refractivity contribution in [2.24, 2.45) is 0 Å². The molecule has 4 nitrogen and oxygen atoms in total. The molecule has 0 unspecified atom stereocenters. The van der Waals surface area contributed by atoms with Crippen molar-refractivity contribution in [3.05, 3.63) is 59.1 Å². The zero-order chi connectivity index (χ0) is 13.9. The quantitative estimate of drug-likeness (QED) is 0.740. The van der Waals surface area contributed by atoms with Gasteiger partial charge >= 0.3 is 0 Å². The normalized spacial score (nSPS) is 10.8. The van der Waals surface area contributed by atoms with Crippen LogP contribution in [0.15, 0.2) is 48.5 Å². The maximum absolute atomic E-state index is 12.1. The number of carbonyl (C=O) groups excluding carboxylic acids is 1. The third-order valence-corrected chi connectivity index (χ3v) is 3.31. The monoisotopic (exact) mass is 285 g/mol. The number of para-hydroxylation sites is 1. The summed E-state index contributed by atoms with van der Waals surface area (Å²) in [6.45, 7) is 0.225. The van der Waals surface area contributed by atoms with Crippen molar-refractivity contribution >= 4 is 28.4 Å². The maximum atomic E-state index is 12.1. The molecule has 0 aliphatic rings. The Kier molecular flexibility index (Phi) is 3.48. The first-order chi connectivity index (χ1) is 9.72. The van der Waals surface area contributed by atoms with Gasteiger partial charge in [0.1, 0.15) is 12.1 Å². The molecule has 5 heteroatoms. The van der Waals surface area contributed by atoms with E-state index in [0.29, 0.717) is 11.4 Å². The largest absolute Gasteiger partial charge is 0.297 e. The minimum absolute atomic E-state index is 0.0861. The van der Waals surface area contributed by atoms with Gasteiger partial charge < -0.3 is 0 Å². The van der Waals surface area contributed by atoms with Gasteiger partial charge in [0, 0.05) is 11.4 Å². The number of ketones is 1. The Hall–Kier alpha value is -2.20.